The minimum absolute atomic E-state index is 0.0914. The zero-order valence-electron chi connectivity index (χ0n) is 11.2. The summed E-state index contributed by atoms with van der Waals surface area (Å²) < 4.78 is 11.1. The van der Waals surface area contributed by atoms with Crippen molar-refractivity contribution in [3.05, 3.63) is 0 Å². The molecule has 0 spiro atoms. The Morgan fingerprint density at radius 3 is 2.24 bits per heavy atom. The number of hydrogen-bond acceptors (Lipinski definition) is 4. The fourth-order valence-electron chi connectivity index (χ4n) is 2.22. The Balaban J connectivity index is 2.26. The molecular formula is C13H27NO3. The van der Waals surface area contributed by atoms with E-state index in [-0.39, 0.29) is 12.9 Å². The molecule has 0 radical (unpaired) electrons. The normalized spacial score (nSPS) is 16.8. The van der Waals surface area contributed by atoms with Crippen LogP contribution in [0.25, 0.3) is 0 Å². The Labute approximate surface area is 105 Å². The molecule has 0 atom stereocenters. The predicted molar refractivity (Wildman–Crippen MR) is 68.0 cm³/mol. The lowest BCUT2D eigenvalue weighted by Crippen LogP contribution is -2.43. The molecule has 0 saturated heterocycles. The number of aliphatic hydroxyl groups is 1. The van der Waals surface area contributed by atoms with Gasteiger partial charge in [0.25, 0.3) is 0 Å². The molecule has 0 aromatic heterocycles. The Morgan fingerprint density at radius 1 is 1.18 bits per heavy atom. The van der Waals surface area contributed by atoms with Gasteiger partial charge < -0.3 is 14.6 Å². The zero-order valence-corrected chi connectivity index (χ0v) is 11.2. The van der Waals surface area contributed by atoms with Gasteiger partial charge in [-0.15, -0.1) is 0 Å². The van der Waals surface area contributed by atoms with Gasteiger partial charge in [0, 0.05) is 38.8 Å². The molecule has 0 amide bonds. The number of aliphatic hydroxyl groups excluding tert-OH is 1. The van der Waals surface area contributed by atoms with E-state index in [9.17, 15) is 0 Å². The largest absolute Gasteiger partial charge is 0.395 e. The van der Waals surface area contributed by atoms with Crippen LogP contribution in [-0.2, 0) is 9.47 Å². The van der Waals surface area contributed by atoms with E-state index in [1.54, 1.807) is 0 Å². The van der Waals surface area contributed by atoms with Crippen LogP contribution < -0.4 is 0 Å². The fraction of sp³-hybridized carbons (Fsp3) is 1.00. The fourth-order valence-corrected chi connectivity index (χ4v) is 2.22. The summed E-state index contributed by atoms with van der Waals surface area (Å²) in [4.78, 5) is 2.37. The number of ether oxygens (including phenoxy) is 2. The lowest BCUT2D eigenvalue weighted by atomic mass is 9.91. The van der Waals surface area contributed by atoms with Crippen molar-refractivity contribution in [2.75, 3.05) is 32.9 Å². The molecule has 1 aliphatic carbocycles. The van der Waals surface area contributed by atoms with Crippen LogP contribution in [0.15, 0.2) is 0 Å². The van der Waals surface area contributed by atoms with E-state index in [4.69, 9.17) is 14.6 Å². The summed E-state index contributed by atoms with van der Waals surface area (Å²) in [6.07, 6.45) is 4.67. The highest BCUT2D eigenvalue weighted by atomic mass is 16.7. The summed E-state index contributed by atoms with van der Waals surface area (Å²) in [5, 5.41) is 9.07. The van der Waals surface area contributed by atoms with Gasteiger partial charge in [0.2, 0.25) is 0 Å². The van der Waals surface area contributed by atoms with Crippen molar-refractivity contribution in [1.29, 1.82) is 0 Å². The van der Waals surface area contributed by atoms with Crippen molar-refractivity contribution in [1.82, 2.24) is 4.90 Å². The van der Waals surface area contributed by atoms with E-state index < -0.39 is 0 Å². The lowest BCUT2D eigenvalue weighted by Gasteiger charge is -2.37. The molecular weight excluding hydrogens is 218 g/mol. The molecule has 17 heavy (non-hydrogen) atoms. The van der Waals surface area contributed by atoms with Crippen LogP contribution in [0.3, 0.4) is 0 Å². The SMILES string of the molecule is CCOC(CCN(CCO)C1CCC1)OCC. The molecule has 0 heterocycles. The molecule has 102 valence electrons. The number of nitrogens with zero attached hydrogens (tertiary/aromatic N) is 1. The van der Waals surface area contributed by atoms with E-state index in [0.29, 0.717) is 19.3 Å². The van der Waals surface area contributed by atoms with Crippen molar-refractivity contribution in [3.63, 3.8) is 0 Å². The first-order valence-corrected chi connectivity index (χ1v) is 6.89. The molecule has 0 unspecified atom stereocenters. The molecule has 4 nitrogen and oxygen atoms in total. The highest BCUT2D eigenvalue weighted by Crippen LogP contribution is 2.24. The Hall–Kier alpha value is -0.160. The summed E-state index contributed by atoms with van der Waals surface area (Å²) in [6.45, 7) is 7.32. The van der Waals surface area contributed by atoms with Gasteiger partial charge in [0.05, 0.1) is 6.61 Å². The monoisotopic (exact) mass is 245 g/mol. The maximum atomic E-state index is 9.07. The minimum atomic E-state index is -0.0914. The van der Waals surface area contributed by atoms with Gasteiger partial charge in [-0.05, 0) is 26.7 Å². The van der Waals surface area contributed by atoms with Gasteiger partial charge in [-0.25, -0.2) is 0 Å². The molecule has 1 aliphatic rings. The molecule has 0 aliphatic heterocycles. The van der Waals surface area contributed by atoms with Crippen LogP contribution in [0, 0.1) is 0 Å². The predicted octanol–water partition coefficient (Wildman–Crippen LogP) is 1.62. The summed E-state index contributed by atoms with van der Waals surface area (Å²) in [5.41, 5.74) is 0. The molecule has 0 bridgehead atoms. The van der Waals surface area contributed by atoms with Crippen LogP contribution in [0.5, 0.6) is 0 Å². The van der Waals surface area contributed by atoms with Crippen molar-refractivity contribution < 1.29 is 14.6 Å². The Morgan fingerprint density at radius 2 is 1.82 bits per heavy atom. The first kappa shape index (κ1) is 14.9. The first-order valence-electron chi connectivity index (χ1n) is 6.89. The van der Waals surface area contributed by atoms with Crippen LogP contribution in [-0.4, -0.2) is 55.2 Å². The Kier molecular flexibility index (Phi) is 7.77. The van der Waals surface area contributed by atoms with Crippen molar-refractivity contribution in [2.24, 2.45) is 0 Å². The third kappa shape index (κ3) is 5.34. The van der Waals surface area contributed by atoms with Gasteiger partial charge in [-0.2, -0.15) is 0 Å². The molecule has 1 rings (SSSR count). The smallest absolute Gasteiger partial charge is 0.158 e. The maximum absolute atomic E-state index is 9.07. The second kappa shape index (κ2) is 8.86. The van der Waals surface area contributed by atoms with E-state index in [0.717, 1.165) is 19.5 Å². The van der Waals surface area contributed by atoms with E-state index >= 15 is 0 Å². The van der Waals surface area contributed by atoms with E-state index in [1.807, 2.05) is 13.8 Å². The number of rotatable bonds is 10. The third-order valence-corrected chi connectivity index (χ3v) is 3.34. The summed E-state index contributed by atoms with van der Waals surface area (Å²) >= 11 is 0. The van der Waals surface area contributed by atoms with E-state index in [1.165, 1.54) is 19.3 Å². The van der Waals surface area contributed by atoms with Gasteiger partial charge in [0.15, 0.2) is 6.29 Å². The maximum Gasteiger partial charge on any atom is 0.158 e. The molecule has 0 aromatic rings. The first-order chi connectivity index (χ1) is 8.31. The molecule has 4 heteroatoms. The van der Waals surface area contributed by atoms with Gasteiger partial charge in [0.1, 0.15) is 0 Å². The molecule has 1 saturated carbocycles. The number of hydrogen-bond donors (Lipinski definition) is 1. The second-order valence-corrected chi connectivity index (χ2v) is 4.47. The molecule has 0 aromatic carbocycles. The van der Waals surface area contributed by atoms with Gasteiger partial charge in [-0.1, -0.05) is 6.42 Å². The lowest BCUT2D eigenvalue weighted by molar-refractivity contribution is -0.143. The second-order valence-electron chi connectivity index (χ2n) is 4.47. The average molecular weight is 245 g/mol. The van der Waals surface area contributed by atoms with Gasteiger partial charge in [-0.3, -0.25) is 4.90 Å². The Bertz CT molecular complexity index is 180. The summed E-state index contributed by atoms with van der Waals surface area (Å²) in [7, 11) is 0. The molecule has 1 fully saturated rings. The van der Waals surface area contributed by atoms with E-state index in [2.05, 4.69) is 4.90 Å². The zero-order chi connectivity index (χ0) is 12.5. The van der Waals surface area contributed by atoms with Crippen LogP contribution in [0.4, 0.5) is 0 Å². The minimum Gasteiger partial charge on any atom is -0.395 e. The van der Waals surface area contributed by atoms with Crippen LogP contribution >= 0.6 is 0 Å². The quantitative estimate of drug-likeness (QED) is 0.594. The van der Waals surface area contributed by atoms with Crippen LogP contribution in [0.1, 0.15) is 39.5 Å². The topological polar surface area (TPSA) is 41.9 Å². The third-order valence-electron chi connectivity index (χ3n) is 3.34. The van der Waals surface area contributed by atoms with Crippen molar-refractivity contribution >= 4 is 0 Å². The standard InChI is InChI=1S/C13H27NO3/c1-3-16-13(17-4-2)8-9-14(10-11-15)12-6-5-7-12/h12-13,15H,3-11H2,1-2H3. The van der Waals surface area contributed by atoms with Crippen molar-refractivity contribution in [3.8, 4) is 0 Å². The van der Waals surface area contributed by atoms with Crippen molar-refractivity contribution in [2.45, 2.75) is 51.9 Å². The average Bonchev–Trinajstić information content (AvgIpc) is 2.24. The summed E-state index contributed by atoms with van der Waals surface area (Å²) in [6, 6.07) is 0.672. The highest BCUT2D eigenvalue weighted by molar-refractivity contribution is 4.80. The molecule has 1 N–H and O–H groups in total. The van der Waals surface area contributed by atoms with Crippen LogP contribution in [0.2, 0.25) is 0 Å². The highest BCUT2D eigenvalue weighted by Gasteiger charge is 2.25. The summed E-state index contributed by atoms with van der Waals surface area (Å²) in [5.74, 6) is 0. The van der Waals surface area contributed by atoms with Gasteiger partial charge >= 0.3 is 0 Å².